The zero-order valence-electron chi connectivity index (χ0n) is 11.2. The molecule has 0 aliphatic heterocycles. The van der Waals surface area contributed by atoms with Crippen LogP contribution in [0.1, 0.15) is 52.0 Å². The van der Waals surface area contributed by atoms with Crippen LogP contribution < -0.4 is 5.32 Å². The lowest BCUT2D eigenvalue weighted by atomic mass is 9.96. The summed E-state index contributed by atoms with van der Waals surface area (Å²) in [7, 11) is 0. The molecule has 2 heteroatoms. The van der Waals surface area contributed by atoms with Gasteiger partial charge in [-0.3, -0.25) is 0 Å². The van der Waals surface area contributed by atoms with Crippen molar-refractivity contribution in [2.24, 2.45) is 11.8 Å². The minimum Gasteiger partial charge on any atom is -0.306 e. The zero-order chi connectivity index (χ0) is 12.1. The van der Waals surface area contributed by atoms with E-state index in [1.807, 2.05) is 11.3 Å². The van der Waals surface area contributed by atoms with Gasteiger partial charge in [0.05, 0.1) is 0 Å². The van der Waals surface area contributed by atoms with Gasteiger partial charge in [0.1, 0.15) is 0 Å². The van der Waals surface area contributed by atoms with E-state index >= 15 is 0 Å². The second kappa shape index (κ2) is 6.41. The van der Waals surface area contributed by atoms with Gasteiger partial charge in [-0.1, -0.05) is 40.2 Å². The number of rotatable bonds is 6. The average molecular weight is 239 g/mol. The molecule has 1 rings (SSSR count). The van der Waals surface area contributed by atoms with Crippen LogP contribution >= 0.6 is 11.3 Å². The molecule has 0 saturated carbocycles. The smallest absolute Gasteiger partial charge is 0.0440 e. The van der Waals surface area contributed by atoms with Crippen LogP contribution in [0.2, 0.25) is 0 Å². The molecule has 0 radical (unpaired) electrons. The first-order chi connectivity index (χ1) is 7.56. The van der Waals surface area contributed by atoms with Crippen molar-refractivity contribution in [2.45, 2.75) is 53.1 Å². The Kier molecular flexibility index (Phi) is 5.50. The molecule has 0 aliphatic carbocycles. The fourth-order valence-electron chi connectivity index (χ4n) is 1.87. The van der Waals surface area contributed by atoms with Gasteiger partial charge in [-0.05, 0) is 30.2 Å². The summed E-state index contributed by atoms with van der Waals surface area (Å²) in [4.78, 5) is 1.46. The first-order valence-corrected chi connectivity index (χ1v) is 7.23. The van der Waals surface area contributed by atoms with Crippen LogP contribution in [0.5, 0.6) is 0 Å². The lowest BCUT2D eigenvalue weighted by Gasteiger charge is -2.28. The molecule has 3 unspecified atom stereocenters. The highest BCUT2D eigenvalue weighted by Crippen LogP contribution is 2.27. The van der Waals surface area contributed by atoms with E-state index in [1.54, 1.807) is 0 Å². The molecule has 1 nitrogen and oxygen atoms in total. The van der Waals surface area contributed by atoms with E-state index in [2.05, 4.69) is 57.4 Å². The Balaban J connectivity index is 2.66. The molecule has 3 atom stereocenters. The fourth-order valence-corrected chi connectivity index (χ4v) is 2.83. The van der Waals surface area contributed by atoms with E-state index < -0.39 is 0 Å². The fraction of sp³-hybridized carbons (Fsp3) is 0.714. The van der Waals surface area contributed by atoms with E-state index in [-0.39, 0.29) is 0 Å². The van der Waals surface area contributed by atoms with Crippen molar-refractivity contribution in [3.63, 3.8) is 0 Å². The standard InChI is InChI=1S/C14H25NS/c1-6-11(4)12(5)15-14(10(2)3)13-8-7-9-16-13/h7-12,14-15H,6H2,1-5H3. The Morgan fingerprint density at radius 2 is 1.94 bits per heavy atom. The molecule has 0 spiro atoms. The van der Waals surface area contributed by atoms with Gasteiger partial charge in [-0.15, -0.1) is 11.3 Å². The van der Waals surface area contributed by atoms with Crippen LogP contribution in [0.25, 0.3) is 0 Å². The maximum Gasteiger partial charge on any atom is 0.0440 e. The van der Waals surface area contributed by atoms with Crippen molar-refractivity contribution in [2.75, 3.05) is 0 Å². The van der Waals surface area contributed by atoms with Crippen molar-refractivity contribution in [1.82, 2.24) is 5.32 Å². The third-order valence-electron chi connectivity index (χ3n) is 3.46. The average Bonchev–Trinajstić information content (AvgIpc) is 2.76. The predicted octanol–water partition coefficient (Wildman–Crippen LogP) is 4.47. The summed E-state index contributed by atoms with van der Waals surface area (Å²) in [5.74, 6) is 1.38. The van der Waals surface area contributed by atoms with Gasteiger partial charge in [0, 0.05) is 17.0 Å². The van der Waals surface area contributed by atoms with Crippen LogP contribution in [-0.2, 0) is 0 Å². The third-order valence-corrected chi connectivity index (χ3v) is 4.41. The summed E-state index contributed by atoms with van der Waals surface area (Å²) in [6, 6.07) is 5.47. The largest absolute Gasteiger partial charge is 0.306 e. The molecule has 1 N–H and O–H groups in total. The van der Waals surface area contributed by atoms with Crippen LogP contribution in [0.15, 0.2) is 17.5 Å². The molecule has 92 valence electrons. The lowest BCUT2D eigenvalue weighted by molar-refractivity contribution is 0.311. The number of nitrogens with one attached hydrogen (secondary N) is 1. The zero-order valence-corrected chi connectivity index (χ0v) is 12.0. The van der Waals surface area contributed by atoms with Crippen LogP contribution in [-0.4, -0.2) is 6.04 Å². The van der Waals surface area contributed by atoms with Gasteiger partial charge in [0.25, 0.3) is 0 Å². The third kappa shape index (κ3) is 3.60. The Labute approximate surface area is 104 Å². The SMILES string of the molecule is CCC(C)C(C)NC(c1cccs1)C(C)C. The molecular weight excluding hydrogens is 214 g/mol. The maximum absolute atomic E-state index is 3.78. The normalized spacial score (nSPS) is 17.4. The highest BCUT2D eigenvalue weighted by atomic mass is 32.1. The molecule has 0 bridgehead atoms. The highest BCUT2D eigenvalue weighted by molar-refractivity contribution is 7.10. The Morgan fingerprint density at radius 3 is 2.38 bits per heavy atom. The molecule has 0 amide bonds. The van der Waals surface area contributed by atoms with E-state index in [0.717, 1.165) is 5.92 Å². The van der Waals surface area contributed by atoms with Crippen molar-refractivity contribution < 1.29 is 0 Å². The predicted molar refractivity (Wildman–Crippen MR) is 74.0 cm³/mol. The molecule has 0 aliphatic rings. The van der Waals surface area contributed by atoms with Gasteiger partial charge >= 0.3 is 0 Å². The summed E-state index contributed by atoms with van der Waals surface area (Å²) in [5.41, 5.74) is 0. The molecule has 0 saturated heterocycles. The summed E-state index contributed by atoms with van der Waals surface area (Å²) in [6.45, 7) is 11.5. The monoisotopic (exact) mass is 239 g/mol. The van der Waals surface area contributed by atoms with E-state index in [4.69, 9.17) is 0 Å². The minimum atomic E-state index is 0.504. The summed E-state index contributed by atoms with van der Waals surface area (Å²) >= 11 is 1.86. The van der Waals surface area contributed by atoms with Crippen molar-refractivity contribution >= 4 is 11.3 Å². The van der Waals surface area contributed by atoms with Gasteiger partial charge in [0.15, 0.2) is 0 Å². The Hall–Kier alpha value is -0.340. The van der Waals surface area contributed by atoms with Gasteiger partial charge in [-0.2, -0.15) is 0 Å². The summed E-state index contributed by atoms with van der Waals surface area (Å²) in [6.07, 6.45) is 1.24. The Morgan fingerprint density at radius 1 is 1.25 bits per heavy atom. The van der Waals surface area contributed by atoms with Gasteiger partial charge in [-0.25, -0.2) is 0 Å². The molecule has 1 aromatic rings. The van der Waals surface area contributed by atoms with E-state index in [0.29, 0.717) is 18.0 Å². The Bertz CT molecular complexity index is 279. The van der Waals surface area contributed by atoms with Crippen molar-refractivity contribution in [1.29, 1.82) is 0 Å². The molecule has 1 aromatic heterocycles. The summed E-state index contributed by atoms with van der Waals surface area (Å²) < 4.78 is 0. The molecule has 0 aromatic carbocycles. The highest BCUT2D eigenvalue weighted by Gasteiger charge is 2.20. The van der Waals surface area contributed by atoms with Crippen LogP contribution in [0.3, 0.4) is 0 Å². The number of hydrogen-bond donors (Lipinski definition) is 1. The molecule has 16 heavy (non-hydrogen) atoms. The quantitative estimate of drug-likeness (QED) is 0.772. The second-order valence-corrected chi connectivity index (χ2v) is 6.06. The molecule has 0 fully saturated rings. The van der Waals surface area contributed by atoms with Crippen LogP contribution in [0.4, 0.5) is 0 Å². The van der Waals surface area contributed by atoms with Crippen molar-refractivity contribution in [3.05, 3.63) is 22.4 Å². The maximum atomic E-state index is 3.78. The lowest BCUT2D eigenvalue weighted by Crippen LogP contribution is -2.37. The van der Waals surface area contributed by atoms with Crippen LogP contribution in [0, 0.1) is 11.8 Å². The van der Waals surface area contributed by atoms with Gasteiger partial charge in [0.2, 0.25) is 0 Å². The molecule has 1 heterocycles. The molecular formula is C14H25NS. The van der Waals surface area contributed by atoms with Crippen molar-refractivity contribution in [3.8, 4) is 0 Å². The summed E-state index contributed by atoms with van der Waals surface area (Å²) in [5, 5.41) is 5.95. The van der Waals surface area contributed by atoms with E-state index in [1.165, 1.54) is 11.3 Å². The van der Waals surface area contributed by atoms with E-state index in [9.17, 15) is 0 Å². The minimum absolute atomic E-state index is 0.504. The number of hydrogen-bond acceptors (Lipinski definition) is 2. The first kappa shape index (κ1) is 13.7. The first-order valence-electron chi connectivity index (χ1n) is 6.35. The number of thiophene rings is 1. The second-order valence-electron chi connectivity index (χ2n) is 5.08. The van der Waals surface area contributed by atoms with Gasteiger partial charge < -0.3 is 5.32 Å². The topological polar surface area (TPSA) is 12.0 Å².